The topological polar surface area (TPSA) is 61.4 Å². The molecule has 1 aliphatic rings. The Morgan fingerprint density at radius 1 is 1.31 bits per heavy atom. The Hall–Kier alpha value is -1.30. The second-order valence-corrected chi connectivity index (χ2v) is 7.43. The van der Waals surface area contributed by atoms with Crippen LogP contribution in [0.5, 0.6) is 0 Å². The van der Waals surface area contributed by atoms with Gasteiger partial charge in [-0.1, -0.05) is 37.6 Å². The SMILES string of the molecule is CNCC1CCCN(C(=O)C(NC(=O)c2ccccc2Cl)C(C)C)C1.Cl. The molecule has 0 bridgehead atoms. The van der Waals surface area contributed by atoms with Gasteiger partial charge in [0.1, 0.15) is 6.04 Å². The number of benzene rings is 1. The maximum Gasteiger partial charge on any atom is 0.253 e. The number of carbonyl (C=O) groups excluding carboxylic acids is 2. The summed E-state index contributed by atoms with van der Waals surface area (Å²) >= 11 is 6.10. The van der Waals surface area contributed by atoms with Crippen molar-refractivity contribution >= 4 is 35.8 Å². The molecule has 26 heavy (non-hydrogen) atoms. The molecule has 1 aliphatic heterocycles. The first-order valence-electron chi connectivity index (χ1n) is 8.92. The molecule has 0 radical (unpaired) electrons. The van der Waals surface area contributed by atoms with Crippen molar-refractivity contribution in [3.8, 4) is 0 Å². The van der Waals surface area contributed by atoms with Gasteiger partial charge in [-0.05, 0) is 50.4 Å². The number of halogens is 2. The van der Waals surface area contributed by atoms with Crippen molar-refractivity contribution in [3.63, 3.8) is 0 Å². The largest absolute Gasteiger partial charge is 0.341 e. The van der Waals surface area contributed by atoms with Gasteiger partial charge in [0.2, 0.25) is 5.91 Å². The van der Waals surface area contributed by atoms with E-state index in [0.717, 1.165) is 32.5 Å². The third-order valence-electron chi connectivity index (χ3n) is 4.66. The van der Waals surface area contributed by atoms with Crippen molar-refractivity contribution in [2.75, 3.05) is 26.7 Å². The lowest BCUT2D eigenvalue weighted by Gasteiger charge is -2.36. The maximum absolute atomic E-state index is 13.0. The third-order valence-corrected chi connectivity index (χ3v) is 4.99. The summed E-state index contributed by atoms with van der Waals surface area (Å²) in [5.41, 5.74) is 0.398. The van der Waals surface area contributed by atoms with Gasteiger partial charge in [0, 0.05) is 13.1 Å². The zero-order valence-electron chi connectivity index (χ0n) is 15.6. The lowest BCUT2D eigenvalue weighted by Crippen LogP contribution is -2.54. The summed E-state index contributed by atoms with van der Waals surface area (Å²) in [6, 6.07) is 6.34. The summed E-state index contributed by atoms with van der Waals surface area (Å²) in [5.74, 6) is 0.163. The van der Waals surface area contributed by atoms with E-state index < -0.39 is 6.04 Å². The number of hydrogen-bond acceptors (Lipinski definition) is 3. The predicted octanol–water partition coefficient (Wildman–Crippen LogP) is 2.97. The fourth-order valence-corrected chi connectivity index (χ4v) is 3.52. The van der Waals surface area contributed by atoms with Gasteiger partial charge < -0.3 is 15.5 Å². The minimum atomic E-state index is -0.544. The van der Waals surface area contributed by atoms with Crippen molar-refractivity contribution in [1.82, 2.24) is 15.5 Å². The predicted molar refractivity (Wildman–Crippen MR) is 108 cm³/mol. The van der Waals surface area contributed by atoms with Gasteiger partial charge in [-0.3, -0.25) is 9.59 Å². The smallest absolute Gasteiger partial charge is 0.253 e. The van der Waals surface area contributed by atoms with Crippen LogP contribution in [-0.4, -0.2) is 49.4 Å². The average Bonchev–Trinajstić information content (AvgIpc) is 2.59. The fourth-order valence-electron chi connectivity index (χ4n) is 3.30. The van der Waals surface area contributed by atoms with E-state index in [1.54, 1.807) is 24.3 Å². The van der Waals surface area contributed by atoms with Gasteiger partial charge in [-0.15, -0.1) is 12.4 Å². The van der Waals surface area contributed by atoms with Crippen LogP contribution in [0.3, 0.4) is 0 Å². The van der Waals surface area contributed by atoms with Gasteiger partial charge in [0.25, 0.3) is 5.91 Å². The standard InChI is InChI=1S/C19H28ClN3O2.ClH/c1-13(2)17(22-18(24)15-8-4-5-9-16(15)20)19(25)23-10-6-7-14(12-23)11-21-3;/h4-5,8-9,13-14,17,21H,6-7,10-12H2,1-3H3,(H,22,24);1H. The first kappa shape index (κ1) is 22.7. The van der Waals surface area contributed by atoms with Gasteiger partial charge in [0.15, 0.2) is 0 Å². The minimum Gasteiger partial charge on any atom is -0.341 e. The summed E-state index contributed by atoms with van der Waals surface area (Å²) in [6.45, 7) is 6.30. The van der Waals surface area contributed by atoms with Crippen LogP contribution in [0.1, 0.15) is 37.0 Å². The molecule has 0 saturated carbocycles. The fraction of sp³-hybridized carbons (Fsp3) is 0.579. The van der Waals surface area contributed by atoms with Crippen LogP contribution >= 0.6 is 24.0 Å². The van der Waals surface area contributed by atoms with Crippen LogP contribution in [0, 0.1) is 11.8 Å². The number of carbonyl (C=O) groups is 2. The van der Waals surface area contributed by atoms with E-state index in [-0.39, 0.29) is 30.1 Å². The lowest BCUT2D eigenvalue weighted by molar-refractivity contribution is -0.136. The molecule has 146 valence electrons. The summed E-state index contributed by atoms with van der Waals surface area (Å²) < 4.78 is 0. The number of hydrogen-bond donors (Lipinski definition) is 2. The Morgan fingerprint density at radius 2 is 2.00 bits per heavy atom. The second kappa shape index (κ2) is 10.8. The summed E-state index contributed by atoms with van der Waals surface area (Å²) in [6.07, 6.45) is 2.13. The summed E-state index contributed by atoms with van der Waals surface area (Å²) in [4.78, 5) is 27.4. The molecular weight excluding hydrogens is 373 g/mol. The Morgan fingerprint density at radius 3 is 2.62 bits per heavy atom. The summed E-state index contributed by atoms with van der Waals surface area (Å²) in [7, 11) is 1.93. The zero-order chi connectivity index (χ0) is 18.4. The number of likely N-dealkylation sites (tertiary alicyclic amines) is 1. The van der Waals surface area contributed by atoms with Crippen molar-refractivity contribution in [1.29, 1.82) is 0 Å². The average molecular weight is 402 g/mol. The van der Waals surface area contributed by atoms with Crippen molar-refractivity contribution in [3.05, 3.63) is 34.9 Å². The highest BCUT2D eigenvalue weighted by Gasteiger charge is 2.32. The molecule has 1 aromatic rings. The minimum absolute atomic E-state index is 0. The molecule has 2 atom stereocenters. The number of piperidine rings is 1. The Labute approximate surface area is 167 Å². The monoisotopic (exact) mass is 401 g/mol. The Balaban J connectivity index is 0.00000338. The third kappa shape index (κ3) is 5.86. The molecule has 2 rings (SSSR count). The molecule has 0 spiro atoms. The molecule has 1 fully saturated rings. The van der Waals surface area contributed by atoms with Crippen LogP contribution in [0.15, 0.2) is 24.3 Å². The Bertz CT molecular complexity index is 608. The highest BCUT2D eigenvalue weighted by Crippen LogP contribution is 2.19. The molecule has 0 aliphatic carbocycles. The van der Waals surface area contributed by atoms with Gasteiger partial charge in [-0.25, -0.2) is 0 Å². The highest BCUT2D eigenvalue weighted by molar-refractivity contribution is 6.33. The molecule has 2 amide bonds. The van der Waals surface area contributed by atoms with Crippen molar-refractivity contribution in [2.24, 2.45) is 11.8 Å². The van der Waals surface area contributed by atoms with Crippen LogP contribution < -0.4 is 10.6 Å². The molecule has 1 saturated heterocycles. The van der Waals surface area contributed by atoms with E-state index in [4.69, 9.17) is 11.6 Å². The molecule has 0 aromatic heterocycles. The first-order chi connectivity index (χ1) is 11.9. The quantitative estimate of drug-likeness (QED) is 0.769. The Kier molecular flexibility index (Phi) is 9.41. The normalized spacial score (nSPS) is 18.2. The van der Waals surface area contributed by atoms with Gasteiger partial charge in [-0.2, -0.15) is 0 Å². The molecule has 2 N–H and O–H groups in total. The molecule has 2 unspecified atom stereocenters. The molecule has 5 nitrogen and oxygen atoms in total. The number of amides is 2. The van der Waals surface area contributed by atoms with Gasteiger partial charge in [0.05, 0.1) is 10.6 Å². The number of rotatable bonds is 6. The van der Waals surface area contributed by atoms with Crippen LogP contribution in [0.4, 0.5) is 0 Å². The molecule has 1 heterocycles. The van der Waals surface area contributed by atoms with E-state index in [9.17, 15) is 9.59 Å². The molecule has 1 aromatic carbocycles. The van der Waals surface area contributed by atoms with E-state index >= 15 is 0 Å². The molecular formula is C19H29Cl2N3O2. The van der Waals surface area contributed by atoms with E-state index in [1.807, 2.05) is 25.8 Å². The van der Waals surface area contributed by atoms with E-state index in [1.165, 1.54) is 0 Å². The number of nitrogens with zero attached hydrogens (tertiary/aromatic N) is 1. The highest BCUT2D eigenvalue weighted by atomic mass is 35.5. The summed E-state index contributed by atoms with van der Waals surface area (Å²) in [5, 5.41) is 6.46. The van der Waals surface area contributed by atoms with Crippen LogP contribution in [0.2, 0.25) is 5.02 Å². The first-order valence-corrected chi connectivity index (χ1v) is 9.30. The zero-order valence-corrected chi connectivity index (χ0v) is 17.2. The van der Waals surface area contributed by atoms with Crippen molar-refractivity contribution in [2.45, 2.75) is 32.7 Å². The van der Waals surface area contributed by atoms with E-state index in [2.05, 4.69) is 10.6 Å². The van der Waals surface area contributed by atoms with Gasteiger partial charge >= 0.3 is 0 Å². The molecule has 7 heteroatoms. The second-order valence-electron chi connectivity index (χ2n) is 7.03. The van der Waals surface area contributed by atoms with Crippen LogP contribution in [0.25, 0.3) is 0 Å². The lowest BCUT2D eigenvalue weighted by atomic mass is 9.95. The van der Waals surface area contributed by atoms with E-state index in [0.29, 0.717) is 16.5 Å². The maximum atomic E-state index is 13.0. The number of nitrogens with one attached hydrogen (secondary N) is 2. The van der Waals surface area contributed by atoms with Crippen molar-refractivity contribution < 1.29 is 9.59 Å². The van der Waals surface area contributed by atoms with Crippen LogP contribution in [-0.2, 0) is 4.79 Å².